The van der Waals surface area contributed by atoms with Gasteiger partial charge in [-0.05, 0) is 31.2 Å². The summed E-state index contributed by atoms with van der Waals surface area (Å²) in [4.78, 5) is 23.7. The number of piperidine rings is 1. The molecule has 2 amide bonds. The van der Waals surface area contributed by atoms with Crippen molar-refractivity contribution in [3.8, 4) is 0 Å². The number of amides is 2. The highest BCUT2D eigenvalue weighted by Gasteiger charge is 2.40. The molecular formula is C13H18N4O2. The van der Waals surface area contributed by atoms with Crippen LogP contribution in [0.2, 0.25) is 0 Å². The van der Waals surface area contributed by atoms with E-state index in [-0.39, 0.29) is 23.9 Å². The largest absolute Gasteiger partial charge is 0.351 e. The molecule has 19 heavy (non-hydrogen) atoms. The van der Waals surface area contributed by atoms with E-state index in [2.05, 4.69) is 15.7 Å². The van der Waals surface area contributed by atoms with Crippen molar-refractivity contribution in [3.05, 3.63) is 18.0 Å². The Kier molecular flexibility index (Phi) is 3.00. The predicted molar refractivity (Wildman–Crippen MR) is 68.4 cm³/mol. The van der Waals surface area contributed by atoms with Gasteiger partial charge in [-0.3, -0.25) is 14.3 Å². The number of aryl methyl sites for hydroxylation is 1. The lowest BCUT2D eigenvalue weighted by molar-refractivity contribution is -0.124. The molecule has 2 N–H and O–H groups in total. The van der Waals surface area contributed by atoms with Crippen molar-refractivity contribution in [1.29, 1.82) is 0 Å². The first-order valence-corrected chi connectivity index (χ1v) is 6.73. The maximum atomic E-state index is 12.2. The van der Waals surface area contributed by atoms with Crippen molar-refractivity contribution >= 4 is 11.8 Å². The molecule has 1 saturated heterocycles. The van der Waals surface area contributed by atoms with Gasteiger partial charge in [-0.15, -0.1) is 0 Å². The summed E-state index contributed by atoms with van der Waals surface area (Å²) in [6.45, 7) is 0. The maximum absolute atomic E-state index is 12.2. The van der Waals surface area contributed by atoms with Crippen LogP contribution in [0.25, 0.3) is 0 Å². The minimum atomic E-state index is -0.119. The van der Waals surface area contributed by atoms with E-state index in [0.717, 1.165) is 19.3 Å². The fourth-order valence-electron chi connectivity index (χ4n) is 2.73. The van der Waals surface area contributed by atoms with Crippen molar-refractivity contribution in [1.82, 2.24) is 20.4 Å². The molecule has 2 aliphatic rings. The Hall–Kier alpha value is -1.85. The molecule has 0 aromatic carbocycles. The van der Waals surface area contributed by atoms with E-state index in [9.17, 15) is 9.59 Å². The first-order valence-electron chi connectivity index (χ1n) is 6.73. The fraction of sp³-hybridized carbons (Fsp3) is 0.615. The second-order valence-electron chi connectivity index (χ2n) is 5.39. The molecule has 6 nitrogen and oxygen atoms in total. The number of hydrogen-bond acceptors (Lipinski definition) is 3. The quantitative estimate of drug-likeness (QED) is 0.817. The van der Waals surface area contributed by atoms with Crippen molar-refractivity contribution < 1.29 is 9.59 Å². The lowest BCUT2D eigenvalue weighted by Crippen LogP contribution is -2.56. The molecule has 1 aliphatic carbocycles. The van der Waals surface area contributed by atoms with Crippen LogP contribution in [0.4, 0.5) is 0 Å². The van der Waals surface area contributed by atoms with Gasteiger partial charge in [0.1, 0.15) is 5.69 Å². The van der Waals surface area contributed by atoms with Crippen molar-refractivity contribution in [3.63, 3.8) is 0 Å². The highest BCUT2D eigenvalue weighted by molar-refractivity contribution is 5.92. The lowest BCUT2D eigenvalue weighted by atomic mass is 9.94. The van der Waals surface area contributed by atoms with Crippen LogP contribution in [0.3, 0.4) is 0 Å². The zero-order valence-corrected chi connectivity index (χ0v) is 10.9. The molecule has 0 bridgehead atoms. The molecule has 0 spiro atoms. The maximum Gasteiger partial charge on any atom is 0.269 e. The second-order valence-corrected chi connectivity index (χ2v) is 5.39. The average molecular weight is 262 g/mol. The zero-order chi connectivity index (χ0) is 13.4. The Morgan fingerprint density at radius 2 is 2.26 bits per heavy atom. The Balaban J connectivity index is 1.69. The summed E-state index contributed by atoms with van der Waals surface area (Å²) < 4.78 is 1.56. The molecule has 102 valence electrons. The Labute approximate surface area is 111 Å². The van der Waals surface area contributed by atoms with Gasteiger partial charge in [0.25, 0.3) is 5.91 Å². The van der Waals surface area contributed by atoms with Crippen LogP contribution in [-0.2, 0) is 11.8 Å². The summed E-state index contributed by atoms with van der Waals surface area (Å²) in [6, 6.07) is 1.83. The smallest absolute Gasteiger partial charge is 0.269 e. The number of nitrogens with zero attached hydrogens (tertiary/aromatic N) is 2. The molecule has 2 heterocycles. The summed E-state index contributed by atoms with van der Waals surface area (Å²) >= 11 is 0. The minimum Gasteiger partial charge on any atom is -0.351 e. The molecule has 0 radical (unpaired) electrons. The molecule has 3 rings (SSSR count). The Morgan fingerprint density at radius 1 is 1.47 bits per heavy atom. The van der Waals surface area contributed by atoms with Crippen molar-refractivity contribution in [2.24, 2.45) is 13.0 Å². The van der Waals surface area contributed by atoms with Gasteiger partial charge in [0.05, 0.1) is 12.1 Å². The van der Waals surface area contributed by atoms with Gasteiger partial charge in [0.15, 0.2) is 0 Å². The van der Waals surface area contributed by atoms with Gasteiger partial charge in [-0.2, -0.15) is 5.10 Å². The number of hydrogen-bond donors (Lipinski definition) is 2. The van der Waals surface area contributed by atoms with Gasteiger partial charge >= 0.3 is 0 Å². The minimum absolute atomic E-state index is 0.0348. The van der Waals surface area contributed by atoms with E-state index in [1.54, 1.807) is 24.0 Å². The van der Waals surface area contributed by atoms with E-state index >= 15 is 0 Å². The van der Waals surface area contributed by atoms with E-state index in [0.29, 0.717) is 18.0 Å². The van der Waals surface area contributed by atoms with Crippen molar-refractivity contribution in [2.75, 3.05) is 0 Å². The third-order valence-corrected chi connectivity index (χ3v) is 3.94. The van der Waals surface area contributed by atoms with E-state index in [4.69, 9.17) is 0 Å². The summed E-state index contributed by atoms with van der Waals surface area (Å²) in [5, 5.41) is 10.1. The van der Waals surface area contributed by atoms with Gasteiger partial charge in [0, 0.05) is 19.7 Å². The summed E-state index contributed by atoms with van der Waals surface area (Å²) in [6.07, 6.45) is 5.10. The molecule has 6 heteroatoms. The monoisotopic (exact) mass is 262 g/mol. The van der Waals surface area contributed by atoms with Gasteiger partial charge in [0.2, 0.25) is 5.91 Å². The third-order valence-electron chi connectivity index (χ3n) is 3.94. The molecule has 1 aliphatic heterocycles. The van der Waals surface area contributed by atoms with Crippen LogP contribution in [-0.4, -0.2) is 33.7 Å². The van der Waals surface area contributed by atoms with Crippen LogP contribution >= 0.6 is 0 Å². The molecule has 2 atom stereocenters. The van der Waals surface area contributed by atoms with Crippen molar-refractivity contribution in [2.45, 2.75) is 37.8 Å². The first-order chi connectivity index (χ1) is 9.15. The second kappa shape index (κ2) is 4.68. The molecule has 1 aromatic heterocycles. The number of carbonyl (C=O) groups is 2. The molecule has 0 unspecified atom stereocenters. The Morgan fingerprint density at radius 3 is 2.89 bits per heavy atom. The first kappa shape index (κ1) is 12.2. The third kappa shape index (κ3) is 2.47. The average Bonchev–Trinajstić information content (AvgIpc) is 3.13. The van der Waals surface area contributed by atoms with E-state index < -0.39 is 0 Å². The van der Waals surface area contributed by atoms with E-state index in [1.165, 1.54) is 0 Å². The van der Waals surface area contributed by atoms with E-state index in [1.807, 2.05) is 0 Å². The number of nitrogens with one attached hydrogen (secondary N) is 2. The predicted octanol–water partition coefficient (Wildman–Crippen LogP) is 0.207. The normalized spacial score (nSPS) is 26.9. The number of carbonyl (C=O) groups excluding carboxylic acids is 2. The fourth-order valence-corrected chi connectivity index (χ4v) is 2.73. The summed E-state index contributed by atoms with van der Waals surface area (Å²) in [5.74, 6) is 0.510. The number of aromatic nitrogens is 2. The zero-order valence-electron chi connectivity index (χ0n) is 10.9. The van der Waals surface area contributed by atoms with Crippen LogP contribution in [0.5, 0.6) is 0 Å². The van der Waals surface area contributed by atoms with Crippen LogP contribution in [0.15, 0.2) is 12.3 Å². The van der Waals surface area contributed by atoms with Crippen LogP contribution in [0.1, 0.15) is 36.2 Å². The van der Waals surface area contributed by atoms with Gasteiger partial charge < -0.3 is 10.6 Å². The van der Waals surface area contributed by atoms with Crippen LogP contribution in [0, 0.1) is 5.92 Å². The standard InChI is InChI=1S/C13H18N4O2/c1-17-10(6-7-14-17)13(19)15-9-4-5-11(18)16-12(9)8-2-3-8/h6-9,12H,2-5H2,1H3,(H,15,19)(H,16,18)/t9-,12+/m1/s1. The highest BCUT2D eigenvalue weighted by Crippen LogP contribution is 2.36. The summed E-state index contributed by atoms with van der Waals surface area (Å²) in [5.41, 5.74) is 0.548. The SMILES string of the molecule is Cn1nccc1C(=O)N[C@@H]1CCC(=O)N[C@H]1C1CC1. The molecular weight excluding hydrogens is 244 g/mol. The van der Waals surface area contributed by atoms with Gasteiger partial charge in [-0.25, -0.2) is 0 Å². The molecule has 1 aromatic rings. The number of rotatable bonds is 3. The van der Waals surface area contributed by atoms with Gasteiger partial charge in [-0.1, -0.05) is 0 Å². The topological polar surface area (TPSA) is 76.0 Å². The molecule has 1 saturated carbocycles. The summed E-state index contributed by atoms with van der Waals surface area (Å²) in [7, 11) is 1.75. The van der Waals surface area contributed by atoms with Crippen LogP contribution < -0.4 is 10.6 Å². The Bertz CT molecular complexity index is 506. The lowest BCUT2D eigenvalue weighted by Gasteiger charge is -2.33. The molecule has 2 fully saturated rings. The highest BCUT2D eigenvalue weighted by atomic mass is 16.2.